The molecule has 0 spiro atoms. The quantitative estimate of drug-likeness (QED) is 0.184. The first kappa shape index (κ1) is 26.5. The lowest BCUT2D eigenvalue weighted by atomic mass is 9.96. The number of pyridine rings is 2. The van der Waals surface area contributed by atoms with Crippen molar-refractivity contribution in [3.63, 3.8) is 0 Å². The SMILES string of the molecule is c1ccc2c(c1)-c1cccc3c(-c4ccc5ccc6ccc(-c7ccc(-c8cccc9c8oc8ccccc89)cc7)nc6c5n4)ccc-2c13. The average Bonchev–Trinajstić information content (AvgIpc) is 3.72. The number of hydrogen-bond donors (Lipinski definition) is 0. The van der Waals surface area contributed by atoms with Crippen LogP contribution in [0.5, 0.6) is 0 Å². The molecular weight excluding hydrogens is 597 g/mol. The summed E-state index contributed by atoms with van der Waals surface area (Å²) >= 11 is 0. The van der Waals surface area contributed by atoms with E-state index < -0.39 is 0 Å². The second-order valence-electron chi connectivity index (χ2n) is 12.9. The Bertz CT molecular complexity index is 2960. The fraction of sp³-hybridized carbons (Fsp3) is 0. The van der Waals surface area contributed by atoms with E-state index in [-0.39, 0.29) is 0 Å². The predicted molar refractivity (Wildman–Crippen MR) is 203 cm³/mol. The maximum Gasteiger partial charge on any atom is 0.143 e. The van der Waals surface area contributed by atoms with Crippen LogP contribution in [0.1, 0.15) is 0 Å². The molecule has 11 rings (SSSR count). The van der Waals surface area contributed by atoms with Crippen molar-refractivity contribution >= 4 is 54.5 Å². The number of fused-ring (bicyclic) bond motifs is 9. The summed E-state index contributed by atoms with van der Waals surface area (Å²) in [6.45, 7) is 0. The summed E-state index contributed by atoms with van der Waals surface area (Å²) in [5.74, 6) is 0. The summed E-state index contributed by atoms with van der Waals surface area (Å²) in [6, 6.07) is 55.9. The zero-order chi connectivity index (χ0) is 32.1. The monoisotopic (exact) mass is 622 g/mol. The minimum absolute atomic E-state index is 0.908. The first-order valence-electron chi connectivity index (χ1n) is 16.7. The second kappa shape index (κ2) is 9.96. The molecule has 0 bridgehead atoms. The average molecular weight is 623 g/mol. The normalized spacial score (nSPS) is 12.1. The van der Waals surface area contributed by atoms with Crippen molar-refractivity contribution in [2.75, 3.05) is 0 Å². The molecule has 0 saturated heterocycles. The lowest BCUT2D eigenvalue weighted by Crippen LogP contribution is -1.92. The van der Waals surface area contributed by atoms with Crippen LogP contribution in [0.2, 0.25) is 0 Å². The molecule has 0 fully saturated rings. The van der Waals surface area contributed by atoms with Gasteiger partial charge in [0.15, 0.2) is 0 Å². The van der Waals surface area contributed by atoms with Crippen molar-refractivity contribution in [1.29, 1.82) is 0 Å². The fourth-order valence-corrected chi connectivity index (χ4v) is 7.91. The molecule has 3 heteroatoms. The van der Waals surface area contributed by atoms with Gasteiger partial charge in [-0.15, -0.1) is 0 Å². The van der Waals surface area contributed by atoms with Gasteiger partial charge in [-0.2, -0.15) is 0 Å². The predicted octanol–water partition coefficient (Wildman–Crippen LogP) is 12.5. The number of benzene rings is 7. The van der Waals surface area contributed by atoms with E-state index in [1.54, 1.807) is 0 Å². The van der Waals surface area contributed by atoms with Gasteiger partial charge in [-0.1, -0.05) is 140 Å². The van der Waals surface area contributed by atoms with Crippen LogP contribution >= 0.6 is 0 Å². The van der Waals surface area contributed by atoms with Gasteiger partial charge in [-0.05, 0) is 56.8 Å². The van der Waals surface area contributed by atoms with E-state index in [9.17, 15) is 0 Å². The van der Waals surface area contributed by atoms with Crippen molar-refractivity contribution in [3.05, 3.63) is 158 Å². The van der Waals surface area contributed by atoms with Crippen LogP contribution < -0.4 is 0 Å². The Balaban J connectivity index is 1.02. The third-order valence-electron chi connectivity index (χ3n) is 10.2. The highest BCUT2D eigenvalue weighted by atomic mass is 16.3. The van der Waals surface area contributed by atoms with Crippen LogP contribution in [0.3, 0.4) is 0 Å². The molecular formula is C46H26N2O. The molecule has 7 aromatic carbocycles. The summed E-state index contributed by atoms with van der Waals surface area (Å²) in [5, 5.41) is 6.96. The third-order valence-corrected chi connectivity index (χ3v) is 10.2. The minimum atomic E-state index is 0.908. The first-order chi connectivity index (χ1) is 24.3. The van der Waals surface area contributed by atoms with Gasteiger partial charge < -0.3 is 4.42 Å². The number of rotatable bonds is 3. The van der Waals surface area contributed by atoms with Crippen LogP contribution in [0.25, 0.3) is 110 Å². The highest BCUT2D eigenvalue weighted by molar-refractivity contribution is 6.19. The Morgan fingerprint density at radius 1 is 0.347 bits per heavy atom. The Morgan fingerprint density at radius 3 is 1.69 bits per heavy atom. The van der Waals surface area contributed by atoms with E-state index in [1.165, 1.54) is 33.0 Å². The number of aromatic nitrogens is 2. The van der Waals surface area contributed by atoms with Gasteiger partial charge >= 0.3 is 0 Å². The number of hydrogen-bond acceptors (Lipinski definition) is 3. The van der Waals surface area contributed by atoms with Gasteiger partial charge in [0.2, 0.25) is 0 Å². The first-order valence-corrected chi connectivity index (χ1v) is 16.7. The molecule has 0 unspecified atom stereocenters. The lowest BCUT2D eigenvalue weighted by Gasteiger charge is -2.11. The summed E-state index contributed by atoms with van der Waals surface area (Å²) in [4.78, 5) is 10.6. The molecule has 3 heterocycles. The van der Waals surface area contributed by atoms with E-state index in [2.05, 4.69) is 146 Å². The Morgan fingerprint density at radius 2 is 0.898 bits per heavy atom. The molecule has 0 atom stereocenters. The molecule has 226 valence electrons. The second-order valence-corrected chi connectivity index (χ2v) is 12.9. The summed E-state index contributed by atoms with van der Waals surface area (Å²) in [7, 11) is 0. The van der Waals surface area contributed by atoms with E-state index in [0.717, 1.165) is 77.4 Å². The van der Waals surface area contributed by atoms with E-state index >= 15 is 0 Å². The molecule has 0 radical (unpaired) electrons. The molecule has 0 N–H and O–H groups in total. The largest absolute Gasteiger partial charge is 0.455 e. The van der Waals surface area contributed by atoms with Gasteiger partial charge in [-0.25, -0.2) is 9.97 Å². The lowest BCUT2D eigenvalue weighted by molar-refractivity contribution is 0.670. The third kappa shape index (κ3) is 3.84. The number of nitrogens with zero attached hydrogens (tertiary/aromatic N) is 2. The minimum Gasteiger partial charge on any atom is -0.455 e. The van der Waals surface area contributed by atoms with Gasteiger partial charge in [-0.3, -0.25) is 0 Å². The molecule has 3 nitrogen and oxygen atoms in total. The summed E-state index contributed by atoms with van der Waals surface area (Å²) in [6.07, 6.45) is 0. The molecule has 0 saturated carbocycles. The molecule has 1 aliphatic carbocycles. The Hall–Kier alpha value is -6.58. The standard InChI is InChI=1S/C46H26N2O/c1-2-8-33-32(7-1)36-11-6-12-37-34(23-24-38(33)43(36)37)41-26-22-30-20-19-29-21-25-40(47-44(29)45(30)48-41)28-17-15-27(16-18-28)31-10-5-13-39-35-9-3-4-14-42(35)49-46(31)39/h1-26H. The molecule has 49 heavy (non-hydrogen) atoms. The van der Waals surface area contributed by atoms with Gasteiger partial charge in [0.1, 0.15) is 11.2 Å². The van der Waals surface area contributed by atoms with Crippen molar-refractivity contribution in [2.24, 2.45) is 0 Å². The van der Waals surface area contributed by atoms with Crippen molar-refractivity contribution in [2.45, 2.75) is 0 Å². The summed E-state index contributed by atoms with van der Waals surface area (Å²) < 4.78 is 6.32. The summed E-state index contributed by atoms with van der Waals surface area (Å²) in [5.41, 5.74) is 15.1. The van der Waals surface area contributed by atoms with Crippen molar-refractivity contribution in [3.8, 4) is 55.9 Å². The van der Waals surface area contributed by atoms with Gasteiger partial charge in [0, 0.05) is 38.2 Å². The van der Waals surface area contributed by atoms with Crippen molar-refractivity contribution < 1.29 is 4.42 Å². The van der Waals surface area contributed by atoms with E-state index in [0.29, 0.717) is 0 Å². The zero-order valence-electron chi connectivity index (χ0n) is 26.3. The maximum absolute atomic E-state index is 6.32. The Kier molecular flexibility index (Phi) is 5.38. The van der Waals surface area contributed by atoms with Crippen LogP contribution in [0, 0.1) is 0 Å². The van der Waals surface area contributed by atoms with Crippen LogP contribution in [-0.4, -0.2) is 9.97 Å². The molecule has 10 aromatic rings. The highest BCUT2D eigenvalue weighted by Crippen LogP contribution is 2.49. The highest BCUT2D eigenvalue weighted by Gasteiger charge is 2.22. The van der Waals surface area contributed by atoms with Crippen LogP contribution in [0.4, 0.5) is 0 Å². The Labute approximate surface area is 281 Å². The zero-order valence-corrected chi connectivity index (χ0v) is 26.3. The molecule has 3 aromatic heterocycles. The van der Waals surface area contributed by atoms with E-state index in [1.807, 2.05) is 12.1 Å². The fourth-order valence-electron chi connectivity index (χ4n) is 7.91. The van der Waals surface area contributed by atoms with E-state index in [4.69, 9.17) is 14.4 Å². The van der Waals surface area contributed by atoms with Gasteiger partial charge in [0.25, 0.3) is 0 Å². The smallest absolute Gasteiger partial charge is 0.143 e. The van der Waals surface area contributed by atoms with Gasteiger partial charge in [0.05, 0.1) is 22.4 Å². The van der Waals surface area contributed by atoms with Crippen molar-refractivity contribution in [1.82, 2.24) is 9.97 Å². The number of furan rings is 1. The van der Waals surface area contributed by atoms with Crippen LogP contribution in [0.15, 0.2) is 162 Å². The maximum atomic E-state index is 6.32. The molecule has 0 amide bonds. The topological polar surface area (TPSA) is 38.9 Å². The molecule has 0 aliphatic heterocycles. The van der Waals surface area contributed by atoms with Crippen LogP contribution in [-0.2, 0) is 0 Å². The number of para-hydroxylation sites is 2. The molecule has 1 aliphatic rings.